The van der Waals surface area contributed by atoms with Gasteiger partial charge in [-0.1, -0.05) is 42.5 Å². The van der Waals surface area contributed by atoms with E-state index in [2.05, 4.69) is 10.6 Å². The number of benzene rings is 4. The van der Waals surface area contributed by atoms with E-state index in [9.17, 15) is 32.8 Å². The number of carbonyl (C=O) groups is 3. The van der Waals surface area contributed by atoms with E-state index in [1.54, 1.807) is 63.0 Å². The van der Waals surface area contributed by atoms with Crippen LogP contribution < -0.4 is 31.5 Å². The van der Waals surface area contributed by atoms with Gasteiger partial charge in [0.15, 0.2) is 11.6 Å². The van der Waals surface area contributed by atoms with Crippen molar-refractivity contribution in [3.63, 3.8) is 0 Å². The predicted molar refractivity (Wildman–Crippen MR) is 230 cm³/mol. The zero-order chi connectivity index (χ0) is 44.6. The molecule has 0 unspecified atom stereocenters. The van der Waals surface area contributed by atoms with Gasteiger partial charge in [-0.05, 0) is 95.1 Å². The molecule has 14 nitrogen and oxygen atoms in total. The molecule has 16 heteroatoms. The number of hydrogen-bond acceptors (Lipinski definition) is 7. The number of rotatable bonds is 13. The summed E-state index contributed by atoms with van der Waals surface area (Å²) in [5.41, 5.74) is 4.48. The van der Waals surface area contributed by atoms with E-state index in [-0.39, 0.29) is 36.2 Å². The third-order valence-corrected chi connectivity index (χ3v) is 10.1. The van der Waals surface area contributed by atoms with Gasteiger partial charge >= 0.3 is 17.3 Å². The van der Waals surface area contributed by atoms with Gasteiger partial charge in [0.05, 0.1) is 55.0 Å². The van der Waals surface area contributed by atoms with E-state index in [4.69, 9.17) is 14.6 Å². The molecule has 0 radical (unpaired) electrons. The summed E-state index contributed by atoms with van der Waals surface area (Å²) in [6.07, 6.45) is 6.19. The lowest BCUT2D eigenvalue weighted by atomic mass is 10.1. The standard InChI is InChI=1S/C24H21N3O5.C23H19F2N3O3/c1-32-21-8-4-16(5-9-21)13-25-22(28)19-12-20-10-11-26(24(31)27(20)15-19)14-17-2-6-18(7-3-17)23(29)30;1-31-19-5-2-15(3-6-19)12-26-22(29)17-11-18-8-9-27(23(30)28(18)14-17)13-16-4-7-20(24)21(25)10-16/h2-12,15H,13-14H2,1H3,(H,25,28)(H,29,30);2-11,14H,12-13H2,1H3,(H,26,29). The van der Waals surface area contributed by atoms with Crippen molar-refractivity contribution in [1.29, 1.82) is 0 Å². The molecule has 0 bridgehead atoms. The number of carboxylic acid groups (broad SMARTS) is 1. The maximum absolute atomic E-state index is 13.4. The lowest BCUT2D eigenvalue weighted by Crippen LogP contribution is -2.26. The number of methoxy groups -OCH3 is 2. The van der Waals surface area contributed by atoms with Crippen molar-refractivity contribution < 1.29 is 37.7 Å². The number of nitrogens with one attached hydrogen (secondary N) is 2. The Morgan fingerprint density at radius 2 is 0.968 bits per heavy atom. The molecule has 63 heavy (non-hydrogen) atoms. The van der Waals surface area contributed by atoms with Gasteiger partial charge in [-0.15, -0.1) is 0 Å². The molecular formula is C47H40F2N6O8. The van der Waals surface area contributed by atoms with Gasteiger partial charge in [0.1, 0.15) is 11.5 Å². The number of aromatic nitrogens is 4. The lowest BCUT2D eigenvalue weighted by Gasteiger charge is -2.07. The van der Waals surface area contributed by atoms with Gasteiger partial charge in [0.2, 0.25) is 0 Å². The van der Waals surface area contributed by atoms with Crippen LogP contribution in [-0.2, 0) is 26.2 Å². The van der Waals surface area contributed by atoms with Crippen LogP contribution in [0.15, 0.2) is 150 Å². The summed E-state index contributed by atoms with van der Waals surface area (Å²) in [6, 6.07) is 31.3. The van der Waals surface area contributed by atoms with Crippen LogP contribution in [0.2, 0.25) is 0 Å². The second-order valence-electron chi connectivity index (χ2n) is 14.3. The van der Waals surface area contributed by atoms with Gasteiger partial charge < -0.3 is 25.2 Å². The molecule has 0 fully saturated rings. The Hall–Kier alpha value is -8.27. The van der Waals surface area contributed by atoms with Crippen molar-refractivity contribution in [1.82, 2.24) is 28.6 Å². The van der Waals surface area contributed by atoms with Crippen molar-refractivity contribution in [3.8, 4) is 11.5 Å². The molecule has 0 saturated carbocycles. The zero-order valence-electron chi connectivity index (χ0n) is 34.0. The van der Waals surface area contributed by atoms with Crippen LogP contribution in [0.4, 0.5) is 8.78 Å². The van der Waals surface area contributed by atoms with Crippen LogP contribution in [0.1, 0.15) is 53.3 Å². The van der Waals surface area contributed by atoms with Crippen LogP contribution in [0.3, 0.4) is 0 Å². The van der Waals surface area contributed by atoms with Gasteiger partial charge in [-0.2, -0.15) is 0 Å². The van der Waals surface area contributed by atoms with Crippen LogP contribution >= 0.6 is 0 Å². The summed E-state index contributed by atoms with van der Waals surface area (Å²) in [5.74, 6) is -2.03. The van der Waals surface area contributed by atoms with Gasteiger partial charge in [-0.25, -0.2) is 23.2 Å². The first-order chi connectivity index (χ1) is 30.4. The molecule has 3 N–H and O–H groups in total. The topological polar surface area (TPSA) is 167 Å². The molecule has 320 valence electrons. The average Bonchev–Trinajstić information content (AvgIpc) is 3.95. The van der Waals surface area contributed by atoms with Crippen LogP contribution in [0, 0.1) is 11.6 Å². The highest BCUT2D eigenvalue weighted by Gasteiger charge is 2.14. The largest absolute Gasteiger partial charge is 0.497 e. The molecule has 0 aliphatic rings. The number of hydrogen-bond donors (Lipinski definition) is 3. The van der Waals surface area contributed by atoms with Crippen LogP contribution in [0.25, 0.3) is 11.0 Å². The minimum atomic E-state index is -1.000. The summed E-state index contributed by atoms with van der Waals surface area (Å²) in [4.78, 5) is 61.7. The number of fused-ring (bicyclic) bond motifs is 2. The van der Waals surface area contributed by atoms with Crippen molar-refractivity contribution in [2.24, 2.45) is 0 Å². The molecule has 8 rings (SSSR count). The third kappa shape index (κ3) is 10.2. The first-order valence-corrected chi connectivity index (χ1v) is 19.4. The molecule has 0 atom stereocenters. The smallest absolute Gasteiger partial charge is 0.335 e. The molecule has 0 aliphatic carbocycles. The fraction of sp³-hybridized carbons (Fsp3) is 0.128. The summed E-state index contributed by atoms with van der Waals surface area (Å²) >= 11 is 0. The van der Waals surface area contributed by atoms with E-state index >= 15 is 0 Å². The molecule has 0 aliphatic heterocycles. The second-order valence-corrected chi connectivity index (χ2v) is 14.3. The molecule has 4 aromatic heterocycles. The van der Waals surface area contributed by atoms with Crippen molar-refractivity contribution in [2.45, 2.75) is 26.2 Å². The summed E-state index contributed by atoms with van der Waals surface area (Å²) in [6.45, 7) is 1.04. The van der Waals surface area contributed by atoms with Crippen LogP contribution in [-0.4, -0.2) is 55.0 Å². The SMILES string of the molecule is COc1ccc(CNC(=O)c2cc3ccn(Cc4ccc(C(=O)O)cc4)c(=O)n3c2)cc1.COc1ccc(CNC(=O)c2cc3ccn(Cc4ccc(F)c(F)c4)c(=O)n3c2)cc1. The average molecular weight is 855 g/mol. The number of amides is 2. The third-order valence-electron chi connectivity index (χ3n) is 10.1. The Morgan fingerprint density at radius 1 is 0.540 bits per heavy atom. The van der Waals surface area contributed by atoms with Crippen molar-refractivity contribution in [3.05, 3.63) is 212 Å². The lowest BCUT2D eigenvalue weighted by molar-refractivity contribution is 0.0696. The van der Waals surface area contributed by atoms with E-state index in [1.807, 2.05) is 48.5 Å². The minimum Gasteiger partial charge on any atom is -0.497 e. The summed E-state index contributed by atoms with van der Waals surface area (Å²) in [5, 5.41) is 14.7. The Kier molecular flexibility index (Phi) is 12.9. The second kappa shape index (κ2) is 19.0. The van der Waals surface area contributed by atoms with Gasteiger partial charge in [-0.3, -0.25) is 27.5 Å². The van der Waals surface area contributed by atoms with Crippen molar-refractivity contribution >= 4 is 28.8 Å². The molecule has 8 aromatic rings. The van der Waals surface area contributed by atoms with E-state index in [0.717, 1.165) is 40.3 Å². The Bertz CT molecular complexity index is 3060. The first-order valence-electron chi connectivity index (χ1n) is 19.4. The van der Waals surface area contributed by atoms with Crippen molar-refractivity contribution in [2.75, 3.05) is 14.2 Å². The Balaban J connectivity index is 0.000000189. The highest BCUT2D eigenvalue weighted by atomic mass is 19.2. The normalized spacial score (nSPS) is 10.9. The first kappa shape index (κ1) is 42.8. The Labute approximate surface area is 357 Å². The number of carboxylic acids is 1. The number of ether oxygens (including phenoxy) is 2. The highest BCUT2D eigenvalue weighted by Crippen LogP contribution is 2.15. The summed E-state index contributed by atoms with van der Waals surface area (Å²) in [7, 11) is 3.18. The quantitative estimate of drug-likeness (QED) is 0.124. The number of carbonyl (C=O) groups excluding carboxylic acids is 2. The molecule has 4 heterocycles. The van der Waals surface area contributed by atoms with E-state index in [0.29, 0.717) is 40.8 Å². The molecule has 4 aromatic carbocycles. The highest BCUT2D eigenvalue weighted by molar-refractivity contribution is 5.96. The fourth-order valence-electron chi connectivity index (χ4n) is 6.61. The number of halogens is 2. The van der Waals surface area contributed by atoms with E-state index < -0.39 is 23.3 Å². The maximum atomic E-state index is 13.4. The maximum Gasteiger partial charge on any atom is 0.335 e. The number of nitrogens with zero attached hydrogens (tertiary/aromatic N) is 4. The molecule has 2 amide bonds. The summed E-state index contributed by atoms with van der Waals surface area (Å²) < 4.78 is 42.4. The monoisotopic (exact) mass is 854 g/mol. The van der Waals surface area contributed by atoms with Gasteiger partial charge in [0.25, 0.3) is 11.8 Å². The fourth-order valence-corrected chi connectivity index (χ4v) is 6.61. The predicted octanol–water partition coefficient (Wildman–Crippen LogP) is 6.15. The number of aromatic carboxylic acids is 1. The molecular weight excluding hydrogens is 815 g/mol. The molecule has 0 spiro atoms. The van der Waals surface area contributed by atoms with E-state index in [1.165, 1.54) is 48.5 Å². The Morgan fingerprint density at radius 3 is 1.40 bits per heavy atom. The van der Waals surface area contributed by atoms with Gasteiger partial charge in [0, 0.05) is 37.9 Å². The molecule has 0 saturated heterocycles. The minimum absolute atomic E-state index is 0.0726. The zero-order valence-corrected chi connectivity index (χ0v) is 34.0. The van der Waals surface area contributed by atoms with Crippen LogP contribution in [0.5, 0.6) is 11.5 Å².